The molecular weight excluding hydrogens is 201 g/mol. The van der Waals surface area contributed by atoms with E-state index in [1.54, 1.807) is 0 Å². The van der Waals surface area contributed by atoms with Crippen molar-refractivity contribution in [2.45, 2.75) is 58.0 Å². The monoisotopic (exact) mass is 227 g/mol. The van der Waals surface area contributed by atoms with Crippen LogP contribution in [0, 0.1) is 17.8 Å². The van der Waals surface area contributed by atoms with Gasteiger partial charge in [0.15, 0.2) is 0 Å². The highest BCUT2D eigenvalue weighted by molar-refractivity contribution is 4.93. The van der Waals surface area contributed by atoms with Gasteiger partial charge in [0.2, 0.25) is 0 Å². The Morgan fingerprint density at radius 2 is 1.88 bits per heavy atom. The number of rotatable bonds is 1. The van der Waals surface area contributed by atoms with Crippen LogP contribution < -0.4 is 5.32 Å². The number of halogens is 1. The highest BCUT2D eigenvalue weighted by atomic mass is 19.1. The van der Waals surface area contributed by atoms with E-state index in [-0.39, 0.29) is 0 Å². The summed E-state index contributed by atoms with van der Waals surface area (Å²) in [6.07, 6.45) is 5.98. The van der Waals surface area contributed by atoms with Gasteiger partial charge in [0, 0.05) is 0 Å². The van der Waals surface area contributed by atoms with Crippen molar-refractivity contribution < 1.29 is 4.39 Å². The average molecular weight is 227 g/mol. The molecule has 0 bridgehead atoms. The van der Waals surface area contributed by atoms with Gasteiger partial charge in [0.25, 0.3) is 0 Å². The van der Waals surface area contributed by atoms with E-state index in [0.717, 1.165) is 51.1 Å². The number of nitrogens with one attached hydrogen (secondary N) is 1. The van der Waals surface area contributed by atoms with Crippen LogP contribution in [0.3, 0.4) is 0 Å². The molecule has 0 aromatic heterocycles. The molecule has 1 N–H and O–H groups in total. The van der Waals surface area contributed by atoms with E-state index in [1.165, 1.54) is 6.42 Å². The van der Waals surface area contributed by atoms with Gasteiger partial charge in [-0.05, 0) is 62.9 Å². The molecule has 1 saturated heterocycles. The zero-order chi connectivity index (χ0) is 11.6. The SMILES string of the molecule is CC1CCC(C2(F)CCCNCC2)CC1C. The first-order chi connectivity index (χ1) is 7.62. The Kier molecular flexibility index (Phi) is 3.89. The third kappa shape index (κ3) is 2.58. The Hall–Kier alpha value is -0.110. The van der Waals surface area contributed by atoms with E-state index in [9.17, 15) is 4.39 Å². The fraction of sp³-hybridized carbons (Fsp3) is 1.00. The molecule has 0 amide bonds. The van der Waals surface area contributed by atoms with Crippen molar-refractivity contribution in [1.29, 1.82) is 0 Å². The average Bonchev–Trinajstić information content (AvgIpc) is 2.48. The standard InChI is InChI=1S/C14H26FN/c1-11-4-5-13(10-12(11)2)14(15)6-3-8-16-9-7-14/h11-13,16H,3-10H2,1-2H3. The maximum Gasteiger partial charge on any atom is 0.115 e. The minimum absolute atomic E-state index is 0.332. The van der Waals surface area contributed by atoms with Gasteiger partial charge in [0.05, 0.1) is 0 Å². The molecule has 4 atom stereocenters. The molecule has 4 unspecified atom stereocenters. The van der Waals surface area contributed by atoms with Gasteiger partial charge in [-0.25, -0.2) is 4.39 Å². The molecule has 1 nitrogen and oxygen atoms in total. The first-order valence-electron chi connectivity index (χ1n) is 7.01. The molecule has 94 valence electrons. The van der Waals surface area contributed by atoms with Crippen molar-refractivity contribution in [3.05, 3.63) is 0 Å². The van der Waals surface area contributed by atoms with Crippen LogP contribution in [0.5, 0.6) is 0 Å². The van der Waals surface area contributed by atoms with Gasteiger partial charge < -0.3 is 5.32 Å². The third-order valence-electron chi connectivity index (χ3n) is 4.99. The molecular formula is C14H26FN. The molecule has 2 heteroatoms. The Morgan fingerprint density at radius 1 is 1.06 bits per heavy atom. The van der Waals surface area contributed by atoms with Gasteiger partial charge in [-0.3, -0.25) is 0 Å². The van der Waals surface area contributed by atoms with Crippen LogP contribution in [0.2, 0.25) is 0 Å². The van der Waals surface area contributed by atoms with Crippen molar-refractivity contribution in [1.82, 2.24) is 5.32 Å². The van der Waals surface area contributed by atoms with Gasteiger partial charge in [0.1, 0.15) is 5.67 Å². The quantitative estimate of drug-likeness (QED) is 0.722. The zero-order valence-corrected chi connectivity index (χ0v) is 10.8. The summed E-state index contributed by atoms with van der Waals surface area (Å²) < 4.78 is 15.0. The first-order valence-corrected chi connectivity index (χ1v) is 7.01. The van der Waals surface area contributed by atoms with Crippen LogP contribution >= 0.6 is 0 Å². The third-order valence-corrected chi connectivity index (χ3v) is 4.99. The van der Waals surface area contributed by atoms with E-state index in [0.29, 0.717) is 11.8 Å². The van der Waals surface area contributed by atoms with Gasteiger partial charge in [-0.2, -0.15) is 0 Å². The molecule has 2 fully saturated rings. The molecule has 0 aromatic rings. The van der Waals surface area contributed by atoms with Crippen molar-refractivity contribution in [3.63, 3.8) is 0 Å². The molecule has 1 aliphatic carbocycles. The summed E-state index contributed by atoms with van der Waals surface area (Å²) in [4.78, 5) is 0. The lowest BCUT2D eigenvalue weighted by atomic mass is 9.68. The van der Waals surface area contributed by atoms with Crippen LogP contribution in [0.25, 0.3) is 0 Å². The number of alkyl halides is 1. The lowest BCUT2D eigenvalue weighted by Gasteiger charge is -2.40. The van der Waals surface area contributed by atoms with Crippen LogP contribution in [0.15, 0.2) is 0 Å². The summed E-state index contributed by atoms with van der Waals surface area (Å²) in [5.74, 6) is 1.84. The Balaban J connectivity index is 1.99. The Labute approximate surface area is 99.2 Å². The first kappa shape index (κ1) is 12.3. The Bertz CT molecular complexity index is 221. The Morgan fingerprint density at radius 3 is 2.62 bits per heavy atom. The second kappa shape index (κ2) is 5.03. The second-order valence-corrected chi connectivity index (χ2v) is 6.10. The molecule has 1 aliphatic heterocycles. The lowest BCUT2D eigenvalue weighted by molar-refractivity contribution is 0.0192. The highest BCUT2D eigenvalue weighted by Crippen LogP contribution is 2.44. The lowest BCUT2D eigenvalue weighted by Crippen LogP contribution is -2.38. The maximum absolute atomic E-state index is 15.0. The predicted molar refractivity (Wildman–Crippen MR) is 66.2 cm³/mol. The number of hydrogen-bond acceptors (Lipinski definition) is 1. The smallest absolute Gasteiger partial charge is 0.115 e. The molecule has 0 spiro atoms. The summed E-state index contributed by atoms with van der Waals surface area (Å²) in [5, 5.41) is 3.32. The van der Waals surface area contributed by atoms with Crippen molar-refractivity contribution >= 4 is 0 Å². The maximum atomic E-state index is 15.0. The molecule has 2 aliphatic rings. The summed E-state index contributed by atoms with van der Waals surface area (Å²) in [5.41, 5.74) is -0.863. The minimum Gasteiger partial charge on any atom is -0.317 e. The molecule has 0 radical (unpaired) electrons. The van der Waals surface area contributed by atoms with Crippen LogP contribution in [0.1, 0.15) is 52.4 Å². The normalized spacial score (nSPS) is 46.3. The van der Waals surface area contributed by atoms with Crippen LogP contribution in [-0.2, 0) is 0 Å². The second-order valence-electron chi connectivity index (χ2n) is 6.10. The van der Waals surface area contributed by atoms with E-state index < -0.39 is 5.67 Å². The van der Waals surface area contributed by atoms with E-state index in [1.807, 2.05) is 0 Å². The molecule has 16 heavy (non-hydrogen) atoms. The summed E-state index contributed by atoms with van der Waals surface area (Å²) in [6, 6.07) is 0. The van der Waals surface area contributed by atoms with E-state index >= 15 is 0 Å². The summed E-state index contributed by atoms with van der Waals surface area (Å²) in [7, 11) is 0. The van der Waals surface area contributed by atoms with Gasteiger partial charge in [-0.15, -0.1) is 0 Å². The van der Waals surface area contributed by atoms with Crippen molar-refractivity contribution in [3.8, 4) is 0 Å². The highest BCUT2D eigenvalue weighted by Gasteiger charge is 2.41. The zero-order valence-electron chi connectivity index (χ0n) is 10.8. The van der Waals surface area contributed by atoms with Crippen LogP contribution in [-0.4, -0.2) is 18.8 Å². The molecule has 1 heterocycles. The van der Waals surface area contributed by atoms with Crippen LogP contribution in [0.4, 0.5) is 4.39 Å². The fourth-order valence-electron chi connectivity index (χ4n) is 3.48. The van der Waals surface area contributed by atoms with Gasteiger partial charge in [-0.1, -0.05) is 20.3 Å². The minimum atomic E-state index is -0.863. The summed E-state index contributed by atoms with van der Waals surface area (Å²) in [6.45, 7) is 6.50. The largest absolute Gasteiger partial charge is 0.317 e. The van der Waals surface area contributed by atoms with E-state index in [4.69, 9.17) is 0 Å². The molecule has 2 rings (SSSR count). The van der Waals surface area contributed by atoms with Gasteiger partial charge >= 0.3 is 0 Å². The molecule has 0 aromatic carbocycles. The fourth-order valence-corrected chi connectivity index (χ4v) is 3.48. The predicted octanol–water partition coefficient (Wildman–Crippen LogP) is 3.54. The topological polar surface area (TPSA) is 12.0 Å². The molecule has 1 saturated carbocycles. The number of hydrogen-bond donors (Lipinski definition) is 1. The van der Waals surface area contributed by atoms with Crippen molar-refractivity contribution in [2.24, 2.45) is 17.8 Å². The van der Waals surface area contributed by atoms with E-state index in [2.05, 4.69) is 19.2 Å². The summed E-state index contributed by atoms with van der Waals surface area (Å²) >= 11 is 0. The van der Waals surface area contributed by atoms with Crippen molar-refractivity contribution in [2.75, 3.05) is 13.1 Å².